The van der Waals surface area contributed by atoms with Gasteiger partial charge in [0.05, 0.1) is 24.4 Å². The maximum absolute atomic E-state index is 11.1. The molecular formula is C12H14O4. The van der Waals surface area contributed by atoms with Crippen molar-refractivity contribution < 1.29 is 19.0 Å². The van der Waals surface area contributed by atoms with Gasteiger partial charge in [0, 0.05) is 18.8 Å². The smallest absolute Gasteiger partial charge is 0.302 e. The van der Waals surface area contributed by atoms with Crippen molar-refractivity contribution in [1.29, 1.82) is 0 Å². The lowest BCUT2D eigenvalue weighted by atomic mass is 9.89. The Hall–Kier alpha value is -0.610. The van der Waals surface area contributed by atoms with E-state index in [4.69, 9.17) is 14.2 Å². The molecule has 3 saturated carbocycles. The maximum atomic E-state index is 11.1. The Morgan fingerprint density at radius 2 is 1.75 bits per heavy atom. The van der Waals surface area contributed by atoms with Crippen LogP contribution in [0.15, 0.2) is 0 Å². The summed E-state index contributed by atoms with van der Waals surface area (Å²) in [6.07, 6.45) is 2.83. The Labute approximate surface area is 93.2 Å². The summed E-state index contributed by atoms with van der Waals surface area (Å²) in [7, 11) is 0. The minimum atomic E-state index is -0.154. The third-order valence-electron chi connectivity index (χ3n) is 5.32. The number of epoxide rings is 2. The van der Waals surface area contributed by atoms with E-state index in [1.165, 1.54) is 6.92 Å². The summed E-state index contributed by atoms with van der Waals surface area (Å²) in [5.74, 6) is 2.29. The highest BCUT2D eigenvalue weighted by atomic mass is 16.6. The highest BCUT2D eigenvalue weighted by Gasteiger charge is 2.79. The van der Waals surface area contributed by atoms with Crippen molar-refractivity contribution in [2.75, 3.05) is 0 Å². The van der Waals surface area contributed by atoms with Gasteiger partial charge in [-0.05, 0) is 18.3 Å². The molecule has 0 radical (unpaired) electrons. The number of hydrogen-bond donors (Lipinski definition) is 0. The number of hydrogen-bond acceptors (Lipinski definition) is 4. The van der Waals surface area contributed by atoms with E-state index in [1.54, 1.807) is 0 Å². The lowest BCUT2D eigenvalue weighted by molar-refractivity contribution is -0.148. The molecule has 5 aliphatic rings. The summed E-state index contributed by atoms with van der Waals surface area (Å²) >= 11 is 0. The summed E-state index contributed by atoms with van der Waals surface area (Å²) in [6, 6.07) is 0. The van der Waals surface area contributed by atoms with Crippen LogP contribution in [0.2, 0.25) is 0 Å². The van der Waals surface area contributed by atoms with Crippen LogP contribution >= 0.6 is 0 Å². The molecule has 2 saturated heterocycles. The summed E-state index contributed by atoms with van der Waals surface area (Å²) in [5.41, 5.74) is 0. The standard InChI is InChI=1S/C12H14O4/c1-3(13)14-5-2-4-6-7(5)10-12(16-10)8(6)11-9(4)15-11/h4-12H,2H2,1H3/t4?,5-,6?,7?,8?,9-,10+,11+,12-/m1/s1. The Morgan fingerprint density at radius 3 is 2.56 bits per heavy atom. The van der Waals surface area contributed by atoms with E-state index in [0.717, 1.165) is 12.3 Å². The fourth-order valence-corrected chi connectivity index (χ4v) is 4.95. The summed E-state index contributed by atoms with van der Waals surface area (Å²) in [4.78, 5) is 11.1. The van der Waals surface area contributed by atoms with Gasteiger partial charge >= 0.3 is 5.97 Å². The molecule has 2 heterocycles. The molecule has 9 atom stereocenters. The van der Waals surface area contributed by atoms with Crippen LogP contribution in [0.1, 0.15) is 13.3 Å². The molecule has 2 aliphatic heterocycles. The Balaban J connectivity index is 1.52. The van der Waals surface area contributed by atoms with Gasteiger partial charge in [-0.3, -0.25) is 4.79 Å². The third kappa shape index (κ3) is 0.778. The van der Waals surface area contributed by atoms with Crippen LogP contribution < -0.4 is 0 Å². The average molecular weight is 222 g/mol. The van der Waals surface area contributed by atoms with Gasteiger partial charge in [-0.2, -0.15) is 0 Å². The van der Waals surface area contributed by atoms with Crippen LogP contribution in [0, 0.1) is 23.7 Å². The van der Waals surface area contributed by atoms with Crippen molar-refractivity contribution >= 4 is 5.97 Å². The zero-order chi connectivity index (χ0) is 10.6. The summed E-state index contributed by atoms with van der Waals surface area (Å²) in [6.45, 7) is 1.50. The Bertz CT molecular complexity index is 394. The number of esters is 1. The van der Waals surface area contributed by atoms with Gasteiger partial charge in [-0.25, -0.2) is 0 Å². The second kappa shape index (κ2) is 2.31. The molecule has 5 fully saturated rings. The average Bonchev–Trinajstić information content (AvgIpc) is 3.09. The largest absolute Gasteiger partial charge is 0.462 e. The molecule has 0 amide bonds. The van der Waals surface area contributed by atoms with E-state index in [0.29, 0.717) is 42.2 Å². The molecule has 3 aliphatic carbocycles. The number of rotatable bonds is 1. The Morgan fingerprint density at radius 1 is 1.06 bits per heavy atom. The normalized spacial score (nSPS) is 67.2. The number of carbonyl (C=O) groups excluding carboxylic acids is 1. The molecule has 5 rings (SSSR count). The van der Waals surface area contributed by atoms with E-state index in [-0.39, 0.29) is 12.1 Å². The molecule has 4 unspecified atom stereocenters. The van der Waals surface area contributed by atoms with Crippen molar-refractivity contribution in [1.82, 2.24) is 0 Å². The van der Waals surface area contributed by atoms with Crippen molar-refractivity contribution in [2.45, 2.75) is 43.9 Å². The molecule has 0 aromatic heterocycles. The first-order valence-electron chi connectivity index (χ1n) is 6.24. The van der Waals surface area contributed by atoms with Crippen molar-refractivity contribution in [3.05, 3.63) is 0 Å². The quantitative estimate of drug-likeness (QED) is 0.474. The molecule has 0 bridgehead atoms. The molecule has 16 heavy (non-hydrogen) atoms. The van der Waals surface area contributed by atoms with Gasteiger partial charge in [0.2, 0.25) is 0 Å². The van der Waals surface area contributed by atoms with Crippen molar-refractivity contribution in [2.24, 2.45) is 23.7 Å². The molecule has 0 aromatic rings. The predicted octanol–water partition coefficient (Wildman–Crippen LogP) is 0.349. The van der Waals surface area contributed by atoms with E-state index in [2.05, 4.69) is 0 Å². The van der Waals surface area contributed by atoms with Crippen LogP contribution in [0.3, 0.4) is 0 Å². The van der Waals surface area contributed by atoms with Crippen LogP contribution in [-0.2, 0) is 19.0 Å². The summed E-state index contributed by atoms with van der Waals surface area (Å²) in [5, 5.41) is 0. The topological polar surface area (TPSA) is 51.4 Å². The van der Waals surface area contributed by atoms with Gasteiger partial charge in [0.25, 0.3) is 0 Å². The van der Waals surface area contributed by atoms with Crippen molar-refractivity contribution in [3.63, 3.8) is 0 Å². The fraction of sp³-hybridized carbons (Fsp3) is 0.917. The maximum Gasteiger partial charge on any atom is 0.302 e. The zero-order valence-corrected chi connectivity index (χ0v) is 9.04. The fourth-order valence-electron chi connectivity index (χ4n) is 4.95. The molecule has 0 spiro atoms. The zero-order valence-electron chi connectivity index (χ0n) is 9.04. The first-order chi connectivity index (χ1) is 7.75. The van der Waals surface area contributed by atoms with Gasteiger partial charge in [0.1, 0.15) is 6.10 Å². The highest BCUT2D eigenvalue weighted by molar-refractivity contribution is 5.66. The molecule has 86 valence electrons. The number of carbonyl (C=O) groups is 1. The van der Waals surface area contributed by atoms with E-state index in [1.807, 2.05) is 0 Å². The predicted molar refractivity (Wildman–Crippen MR) is 51.5 cm³/mol. The van der Waals surface area contributed by atoms with Crippen LogP contribution in [-0.4, -0.2) is 36.5 Å². The monoisotopic (exact) mass is 222 g/mol. The molecular weight excluding hydrogens is 208 g/mol. The van der Waals surface area contributed by atoms with Crippen LogP contribution in [0.5, 0.6) is 0 Å². The first kappa shape index (κ1) is 8.48. The molecule has 4 heteroatoms. The summed E-state index contributed by atoms with van der Waals surface area (Å²) < 4.78 is 16.9. The van der Waals surface area contributed by atoms with Gasteiger partial charge in [-0.15, -0.1) is 0 Å². The lowest BCUT2D eigenvalue weighted by Gasteiger charge is -2.22. The second-order valence-electron chi connectivity index (χ2n) is 5.91. The minimum Gasteiger partial charge on any atom is -0.462 e. The minimum absolute atomic E-state index is 0.0950. The van der Waals surface area contributed by atoms with Crippen LogP contribution in [0.4, 0.5) is 0 Å². The molecule has 0 N–H and O–H groups in total. The first-order valence-corrected chi connectivity index (χ1v) is 6.24. The van der Waals surface area contributed by atoms with Gasteiger partial charge < -0.3 is 14.2 Å². The Kier molecular flexibility index (Phi) is 1.23. The van der Waals surface area contributed by atoms with Crippen molar-refractivity contribution in [3.8, 4) is 0 Å². The highest BCUT2D eigenvalue weighted by Crippen LogP contribution is 2.70. The SMILES string of the molecule is CC(=O)O[C@@H]1CC2C3C([C@H]4O[C@H]4C31)[C@@H]1O[C@H]21. The number of fused-ring (bicyclic) bond motifs is 6. The van der Waals surface area contributed by atoms with E-state index >= 15 is 0 Å². The second-order valence-corrected chi connectivity index (χ2v) is 5.91. The lowest BCUT2D eigenvalue weighted by Crippen LogP contribution is -2.28. The molecule has 0 aromatic carbocycles. The van der Waals surface area contributed by atoms with Gasteiger partial charge in [0.15, 0.2) is 0 Å². The van der Waals surface area contributed by atoms with Gasteiger partial charge in [-0.1, -0.05) is 0 Å². The van der Waals surface area contributed by atoms with Crippen LogP contribution in [0.25, 0.3) is 0 Å². The van der Waals surface area contributed by atoms with E-state index in [9.17, 15) is 4.79 Å². The molecule has 4 nitrogen and oxygen atoms in total. The number of ether oxygens (including phenoxy) is 3. The van der Waals surface area contributed by atoms with E-state index < -0.39 is 0 Å². The third-order valence-corrected chi connectivity index (χ3v) is 5.32.